The van der Waals surface area contributed by atoms with Crippen LogP contribution in [0.2, 0.25) is 0 Å². The van der Waals surface area contributed by atoms with Crippen molar-refractivity contribution < 1.29 is 32.6 Å². The number of ether oxygens (including phenoxy) is 3. The van der Waals surface area contributed by atoms with Crippen LogP contribution in [0.1, 0.15) is 11.1 Å². The molecule has 6 nitrogen and oxygen atoms in total. The third-order valence-corrected chi connectivity index (χ3v) is 3.60. The van der Waals surface area contributed by atoms with Gasteiger partial charge >= 0.3 is 12.6 Å². The van der Waals surface area contributed by atoms with Gasteiger partial charge in [-0.2, -0.15) is 8.78 Å². The number of alkyl halides is 2. The van der Waals surface area contributed by atoms with E-state index in [0.29, 0.717) is 5.69 Å². The van der Waals surface area contributed by atoms with Gasteiger partial charge in [0.25, 0.3) is 5.91 Å². The zero-order chi connectivity index (χ0) is 20.5. The van der Waals surface area contributed by atoms with Gasteiger partial charge in [-0.1, -0.05) is 30.3 Å². The average Bonchev–Trinajstić information content (AvgIpc) is 2.67. The first-order valence-electron chi connectivity index (χ1n) is 8.23. The zero-order valence-electron chi connectivity index (χ0n) is 15.3. The van der Waals surface area contributed by atoms with Crippen molar-refractivity contribution in [3.05, 3.63) is 59.7 Å². The van der Waals surface area contributed by atoms with Crippen molar-refractivity contribution in [2.24, 2.45) is 0 Å². The van der Waals surface area contributed by atoms with Crippen LogP contribution in [-0.2, 0) is 14.3 Å². The highest BCUT2D eigenvalue weighted by Crippen LogP contribution is 2.33. The molecule has 8 heteroatoms. The van der Waals surface area contributed by atoms with Crippen molar-refractivity contribution in [2.75, 3.05) is 19.0 Å². The van der Waals surface area contributed by atoms with E-state index in [1.165, 1.54) is 25.3 Å². The highest BCUT2D eigenvalue weighted by Gasteiger charge is 2.14. The smallest absolute Gasteiger partial charge is 0.387 e. The summed E-state index contributed by atoms with van der Waals surface area (Å²) in [5.41, 5.74) is 1.68. The average molecular weight is 391 g/mol. The summed E-state index contributed by atoms with van der Waals surface area (Å²) in [5, 5.41) is 2.63. The van der Waals surface area contributed by atoms with Gasteiger partial charge in [-0.05, 0) is 30.7 Å². The molecule has 0 spiro atoms. The Kier molecular flexibility index (Phi) is 7.50. The summed E-state index contributed by atoms with van der Waals surface area (Å²) in [6.45, 7) is -1.71. The number of anilines is 1. The first kappa shape index (κ1) is 20.9. The van der Waals surface area contributed by atoms with Gasteiger partial charge in [0.1, 0.15) is 0 Å². The summed E-state index contributed by atoms with van der Waals surface area (Å²) in [7, 11) is 1.31. The number of rotatable bonds is 8. The molecule has 148 valence electrons. The molecule has 2 aromatic carbocycles. The minimum absolute atomic E-state index is 0.0911. The van der Waals surface area contributed by atoms with Crippen LogP contribution in [0.4, 0.5) is 14.5 Å². The predicted molar refractivity (Wildman–Crippen MR) is 99.4 cm³/mol. The number of para-hydroxylation sites is 2. The number of aryl methyl sites for hydroxylation is 1. The third kappa shape index (κ3) is 6.08. The van der Waals surface area contributed by atoms with E-state index in [9.17, 15) is 18.4 Å². The SMILES string of the molecule is COc1cccc(/C=C/C(=O)OCC(=O)Nc2ccccc2C)c1OC(F)F. The molecule has 2 aromatic rings. The van der Waals surface area contributed by atoms with E-state index < -0.39 is 25.1 Å². The second-order valence-electron chi connectivity index (χ2n) is 5.56. The highest BCUT2D eigenvalue weighted by atomic mass is 19.3. The fourth-order valence-corrected chi connectivity index (χ4v) is 2.28. The summed E-state index contributed by atoms with van der Waals surface area (Å²) >= 11 is 0. The number of amides is 1. The van der Waals surface area contributed by atoms with Crippen LogP contribution in [0.3, 0.4) is 0 Å². The lowest BCUT2D eigenvalue weighted by molar-refractivity contribution is -0.142. The first-order chi connectivity index (χ1) is 13.4. The van der Waals surface area contributed by atoms with Crippen molar-refractivity contribution >= 4 is 23.6 Å². The molecule has 0 aliphatic heterocycles. The molecule has 1 N–H and O–H groups in total. The van der Waals surface area contributed by atoms with Crippen LogP contribution >= 0.6 is 0 Å². The second-order valence-corrected chi connectivity index (χ2v) is 5.56. The van der Waals surface area contributed by atoms with Gasteiger partial charge < -0.3 is 19.5 Å². The summed E-state index contributed by atoms with van der Waals surface area (Å²) in [6.07, 6.45) is 2.25. The molecule has 0 heterocycles. The van der Waals surface area contributed by atoms with Crippen LogP contribution in [0, 0.1) is 6.92 Å². The number of esters is 1. The van der Waals surface area contributed by atoms with E-state index in [0.717, 1.165) is 11.6 Å². The van der Waals surface area contributed by atoms with Crippen molar-refractivity contribution in [1.82, 2.24) is 0 Å². The number of benzene rings is 2. The fraction of sp³-hybridized carbons (Fsp3) is 0.200. The Labute approximate surface area is 160 Å². The van der Waals surface area contributed by atoms with Crippen LogP contribution in [-0.4, -0.2) is 32.2 Å². The van der Waals surface area contributed by atoms with Gasteiger partial charge in [0.2, 0.25) is 0 Å². The molecule has 0 atom stereocenters. The third-order valence-electron chi connectivity index (χ3n) is 3.60. The van der Waals surface area contributed by atoms with E-state index in [1.807, 2.05) is 19.1 Å². The summed E-state index contributed by atoms with van der Waals surface area (Å²) in [5.74, 6) is -1.43. The Balaban J connectivity index is 1.96. The molecule has 0 unspecified atom stereocenters. The molecule has 0 aliphatic carbocycles. The molecule has 2 rings (SSSR count). The van der Waals surface area contributed by atoms with Crippen molar-refractivity contribution in [1.29, 1.82) is 0 Å². The number of hydrogen-bond donors (Lipinski definition) is 1. The molecular weight excluding hydrogens is 372 g/mol. The summed E-state index contributed by atoms with van der Waals surface area (Å²) in [6, 6.07) is 11.6. The largest absolute Gasteiger partial charge is 0.493 e. The Morgan fingerprint density at radius 3 is 2.57 bits per heavy atom. The van der Waals surface area contributed by atoms with Crippen molar-refractivity contribution in [2.45, 2.75) is 13.5 Å². The van der Waals surface area contributed by atoms with E-state index in [1.54, 1.807) is 18.2 Å². The maximum absolute atomic E-state index is 12.6. The van der Waals surface area contributed by atoms with Gasteiger partial charge in [-0.3, -0.25) is 4.79 Å². The standard InChI is InChI=1S/C20H19F2NO5/c1-13-6-3-4-8-15(13)23-17(24)12-27-18(25)11-10-14-7-5-9-16(26-2)19(14)28-20(21)22/h3-11,20H,12H2,1-2H3,(H,23,24)/b11-10+. The Hall–Kier alpha value is -3.42. The van der Waals surface area contributed by atoms with E-state index in [-0.39, 0.29) is 17.1 Å². The van der Waals surface area contributed by atoms with Crippen molar-refractivity contribution in [3.63, 3.8) is 0 Å². The number of methoxy groups -OCH3 is 1. The molecule has 0 fully saturated rings. The summed E-state index contributed by atoms with van der Waals surface area (Å²) in [4.78, 5) is 23.7. The minimum Gasteiger partial charge on any atom is -0.493 e. The lowest BCUT2D eigenvalue weighted by Gasteiger charge is -2.12. The maximum Gasteiger partial charge on any atom is 0.387 e. The van der Waals surface area contributed by atoms with Gasteiger partial charge in [0.05, 0.1) is 7.11 Å². The quantitative estimate of drug-likeness (QED) is 0.547. The molecule has 0 aromatic heterocycles. The number of carbonyl (C=O) groups is 2. The Morgan fingerprint density at radius 1 is 1.14 bits per heavy atom. The van der Waals surface area contributed by atoms with Gasteiger partial charge in [-0.15, -0.1) is 0 Å². The Morgan fingerprint density at radius 2 is 1.89 bits per heavy atom. The van der Waals surface area contributed by atoms with Gasteiger partial charge in [-0.25, -0.2) is 4.79 Å². The van der Waals surface area contributed by atoms with Crippen molar-refractivity contribution in [3.8, 4) is 11.5 Å². The van der Waals surface area contributed by atoms with E-state index in [2.05, 4.69) is 10.1 Å². The highest BCUT2D eigenvalue weighted by molar-refractivity contribution is 5.95. The van der Waals surface area contributed by atoms with Crippen LogP contribution < -0.4 is 14.8 Å². The lowest BCUT2D eigenvalue weighted by Crippen LogP contribution is -2.20. The molecule has 1 amide bonds. The zero-order valence-corrected chi connectivity index (χ0v) is 15.3. The lowest BCUT2D eigenvalue weighted by atomic mass is 10.1. The second kappa shape index (κ2) is 10.1. The number of hydrogen-bond acceptors (Lipinski definition) is 5. The molecular formula is C20H19F2NO5. The van der Waals surface area contributed by atoms with E-state index in [4.69, 9.17) is 9.47 Å². The molecule has 0 bridgehead atoms. The molecule has 28 heavy (non-hydrogen) atoms. The molecule has 0 saturated carbocycles. The number of carbonyl (C=O) groups excluding carboxylic acids is 2. The number of halogens is 2. The van der Waals surface area contributed by atoms with Crippen LogP contribution in [0.25, 0.3) is 6.08 Å². The minimum atomic E-state index is -3.06. The Bertz CT molecular complexity index is 867. The van der Waals surface area contributed by atoms with Gasteiger partial charge in [0, 0.05) is 17.3 Å². The monoisotopic (exact) mass is 391 g/mol. The first-order valence-corrected chi connectivity index (χ1v) is 8.23. The maximum atomic E-state index is 12.6. The molecule has 0 aliphatic rings. The number of nitrogens with one attached hydrogen (secondary N) is 1. The van der Waals surface area contributed by atoms with Crippen LogP contribution in [0.5, 0.6) is 11.5 Å². The van der Waals surface area contributed by atoms with Crippen LogP contribution in [0.15, 0.2) is 48.5 Å². The molecule has 0 saturated heterocycles. The van der Waals surface area contributed by atoms with Gasteiger partial charge in [0.15, 0.2) is 18.1 Å². The van der Waals surface area contributed by atoms with E-state index >= 15 is 0 Å². The molecule has 0 radical (unpaired) electrons. The predicted octanol–water partition coefficient (Wildman–Crippen LogP) is 3.80. The fourth-order valence-electron chi connectivity index (χ4n) is 2.28. The normalized spacial score (nSPS) is 10.8. The summed E-state index contributed by atoms with van der Waals surface area (Å²) < 4.78 is 39.5. The topological polar surface area (TPSA) is 73.9 Å².